The van der Waals surface area contributed by atoms with E-state index in [1.807, 2.05) is 19.1 Å². The molecule has 0 aromatic heterocycles. The summed E-state index contributed by atoms with van der Waals surface area (Å²) < 4.78 is 26.4. The summed E-state index contributed by atoms with van der Waals surface area (Å²) in [6.45, 7) is 2.30. The van der Waals surface area contributed by atoms with Crippen molar-refractivity contribution in [3.63, 3.8) is 0 Å². The van der Waals surface area contributed by atoms with Crippen LogP contribution in [0.1, 0.15) is 11.1 Å². The van der Waals surface area contributed by atoms with Crippen molar-refractivity contribution in [2.75, 3.05) is 5.32 Å². The third kappa shape index (κ3) is 2.79. The molecular formula is C14H12ClF2N. The number of aryl methyl sites for hydroxylation is 1. The van der Waals surface area contributed by atoms with Gasteiger partial charge >= 0.3 is 0 Å². The van der Waals surface area contributed by atoms with Crippen LogP contribution < -0.4 is 5.32 Å². The molecule has 0 saturated heterocycles. The van der Waals surface area contributed by atoms with Gasteiger partial charge in [0.05, 0.1) is 5.69 Å². The predicted octanol–water partition coefficient (Wildman–Crippen LogP) is 4.54. The first-order chi connectivity index (χ1) is 8.58. The maximum absolute atomic E-state index is 13.4. The van der Waals surface area contributed by atoms with E-state index < -0.39 is 11.6 Å². The lowest BCUT2D eigenvalue weighted by atomic mass is 10.1. The van der Waals surface area contributed by atoms with Crippen LogP contribution in [0.3, 0.4) is 0 Å². The molecule has 0 spiro atoms. The molecule has 1 nitrogen and oxygen atoms in total. The first kappa shape index (κ1) is 12.8. The lowest BCUT2D eigenvalue weighted by molar-refractivity contribution is 0.511. The number of anilines is 1. The molecule has 0 radical (unpaired) electrons. The van der Waals surface area contributed by atoms with Crippen molar-refractivity contribution in [2.45, 2.75) is 13.5 Å². The third-order valence-corrected chi connectivity index (χ3v) is 3.08. The summed E-state index contributed by atoms with van der Waals surface area (Å²) in [6.07, 6.45) is 0. The van der Waals surface area contributed by atoms with Crippen LogP contribution in [0.5, 0.6) is 0 Å². The van der Waals surface area contributed by atoms with Gasteiger partial charge in [-0.3, -0.25) is 0 Å². The van der Waals surface area contributed by atoms with Crippen molar-refractivity contribution < 1.29 is 8.78 Å². The lowest BCUT2D eigenvalue weighted by Gasteiger charge is -2.09. The highest BCUT2D eigenvalue weighted by molar-refractivity contribution is 6.31. The Labute approximate surface area is 109 Å². The van der Waals surface area contributed by atoms with Gasteiger partial charge in [-0.2, -0.15) is 0 Å². The normalized spacial score (nSPS) is 10.4. The Morgan fingerprint density at radius 2 is 1.94 bits per heavy atom. The monoisotopic (exact) mass is 267 g/mol. The molecule has 0 unspecified atom stereocenters. The Morgan fingerprint density at radius 1 is 1.17 bits per heavy atom. The van der Waals surface area contributed by atoms with Crippen LogP contribution in [-0.2, 0) is 6.54 Å². The van der Waals surface area contributed by atoms with Gasteiger partial charge in [-0.05, 0) is 36.2 Å². The maximum atomic E-state index is 13.4. The topological polar surface area (TPSA) is 12.0 Å². The molecule has 0 heterocycles. The Morgan fingerprint density at radius 3 is 2.67 bits per heavy atom. The average molecular weight is 268 g/mol. The SMILES string of the molecule is Cc1ccc(CNc2cccc(F)c2F)cc1Cl. The van der Waals surface area contributed by atoms with Crippen LogP contribution in [0.15, 0.2) is 36.4 Å². The zero-order chi connectivity index (χ0) is 13.1. The van der Waals surface area contributed by atoms with Gasteiger partial charge < -0.3 is 5.32 Å². The second kappa shape index (κ2) is 5.36. The summed E-state index contributed by atoms with van der Waals surface area (Å²) in [7, 11) is 0. The molecule has 2 aromatic rings. The van der Waals surface area contributed by atoms with Gasteiger partial charge in [0, 0.05) is 11.6 Å². The molecule has 0 saturated carbocycles. The first-order valence-electron chi connectivity index (χ1n) is 5.51. The summed E-state index contributed by atoms with van der Waals surface area (Å²) >= 11 is 5.99. The molecule has 2 rings (SSSR count). The van der Waals surface area contributed by atoms with Gasteiger partial charge in [0.25, 0.3) is 0 Å². The second-order valence-corrected chi connectivity index (χ2v) is 4.45. The molecule has 18 heavy (non-hydrogen) atoms. The molecule has 94 valence electrons. The van der Waals surface area contributed by atoms with Crippen LogP contribution >= 0.6 is 11.6 Å². The first-order valence-corrected chi connectivity index (χ1v) is 5.88. The van der Waals surface area contributed by atoms with Gasteiger partial charge in [0.15, 0.2) is 11.6 Å². The molecule has 0 atom stereocenters. The number of hydrogen-bond donors (Lipinski definition) is 1. The number of hydrogen-bond acceptors (Lipinski definition) is 1. The van der Waals surface area contributed by atoms with Crippen molar-refractivity contribution in [2.24, 2.45) is 0 Å². The van der Waals surface area contributed by atoms with Crippen LogP contribution in [0.25, 0.3) is 0 Å². The molecule has 0 fully saturated rings. The number of nitrogens with one attached hydrogen (secondary N) is 1. The van der Waals surface area contributed by atoms with Crippen LogP contribution in [-0.4, -0.2) is 0 Å². The quantitative estimate of drug-likeness (QED) is 0.861. The van der Waals surface area contributed by atoms with Crippen LogP contribution in [0.4, 0.5) is 14.5 Å². The van der Waals surface area contributed by atoms with E-state index in [4.69, 9.17) is 11.6 Å². The highest BCUT2D eigenvalue weighted by Gasteiger charge is 2.07. The largest absolute Gasteiger partial charge is 0.379 e. The fraction of sp³-hybridized carbons (Fsp3) is 0.143. The van der Waals surface area contributed by atoms with Gasteiger partial charge in [0.2, 0.25) is 0 Å². The minimum Gasteiger partial charge on any atom is -0.379 e. The highest BCUT2D eigenvalue weighted by atomic mass is 35.5. The Hall–Kier alpha value is -1.61. The van der Waals surface area contributed by atoms with Crippen molar-refractivity contribution in [3.05, 3.63) is 64.2 Å². The number of benzene rings is 2. The standard InChI is InChI=1S/C14H12ClF2N/c1-9-5-6-10(7-11(9)15)8-18-13-4-2-3-12(16)14(13)17/h2-7,18H,8H2,1H3. The van der Waals surface area contributed by atoms with Crippen LogP contribution in [0.2, 0.25) is 5.02 Å². The molecule has 0 aliphatic carbocycles. The van der Waals surface area contributed by atoms with E-state index in [1.54, 1.807) is 6.07 Å². The summed E-state index contributed by atoms with van der Waals surface area (Å²) in [4.78, 5) is 0. The average Bonchev–Trinajstić information content (AvgIpc) is 2.35. The van der Waals surface area contributed by atoms with E-state index in [1.165, 1.54) is 12.1 Å². The van der Waals surface area contributed by atoms with Gasteiger partial charge in [-0.25, -0.2) is 8.78 Å². The van der Waals surface area contributed by atoms with Crippen molar-refractivity contribution in [1.29, 1.82) is 0 Å². The fourth-order valence-corrected chi connectivity index (χ4v) is 1.79. The summed E-state index contributed by atoms with van der Waals surface area (Å²) in [6, 6.07) is 9.63. The van der Waals surface area contributed by atoms with E-state index in [0.29, 0.717) is 11.6 Å². The number of halogens is 3. The van der Waals surface area contributed by atoms with Crippen LogP contribution in [0, 0.1) is 18.6 Å². The minimum absolute atomic E-state index is 0.145. The molecule has 4 heteroatoms. The van der Waals surface area contributed by atoms with E-state index in [2.05, 4.69) is 5.32 Å². The Kier molecular flexibility index (Phi) is 3.82. The van der Waals surface area contributed by atoms with E-state index in [0.717, 1.165) is 17.2 Å². The van der Waals surface area contributed by atoms with Gasteiger partial charge in [-0.1, -0.05) is 29.8 Å². The van der Waals surface area contributed by atoms with E-state index in [9.17, 15) is 8.78 Å². The van der Waals surface area contributed by atoms with Gasteiger partial charge in [-0.15, -0.1) is 0 Å². The second-order valence-electron chi connectivity index (χ2n) is 4.04. The Bertz CT molecular complexity index is 570. The molecule has 2 aromatic carbocycles. The lowest BCUT2D eigenvalue weighted by Crippen LogP contribution is -2.02. The molecule has 0 aliphatic rings. The van der Waals surface area contributed by atoms with Gasteiger partial charge in [0.1, 0.15) is 0 Å². The summed E-state index contributed by atoms with van der Waals surface area (Å²) in [5.74, 6) is -1.72. The van der Waals surface area contributed by atoms with Crippen molar-refractivity contribution in [1.82, 2.24) is 0 Å². The van der Waals surface area contributed by atoms with Crippen molar-refractivity contribution >= 4 is 17.3 Å². The zero-order valence-corrected chi connectivity index (χ0v) is 10.6. The zero-order valence-electron chi connectivity index (χ0n) is 9.81. The number of rotatable bonds is 3. The van der Waals surface area contributed by atoms with E-state index >= 15 is 0 Å². The highest BCUT2D eigenvalue weighted by Crippen LogP contribution is 2.20. The van der Waals surface area contributed by atoms with E-state index in [-0.39, 0.29) is 5.69 Å². The summed E-state index contributed by atoms with van der Waals surface area (Å²) in [5, 5.41) is 3.50. The maximum Gasteiger partial charge on any atom is 0.181 e. The molecular weight excluding hydrogens is 256 g/mol. The predicted molar refractivity (Wildman–Crippen MR) is 69.9 cm³/mol. The molecule has 0 amide bonds. The third-order valence-electron chi connectivity index (χ3n) is 2.67. The summed E-state index contributed by atoms with van der Waals surface area (Å²) in [5.41, 5.74) is 2.04. The smallest absolute Gasteiger partial charge is 0.181 e. The molecule has 1 N–H and O–H groups in total. The molecule has 0 aliphatic heterocycles. The fourth-order valence-electron chi connectivity index (χ4n) is 1.58. The minimum atomic E-state index is -0.865. The Balaban J connectivity index is 2.11. The van der Waals surface area contributed by atoms with Crippen molar-refractivity contribution in [3.8, 4) is 0 Å². The molecule has 0 bridgehead atoms.